The van der Waals surface area contributed by atoms with Gasteiger partial charge < -0.3 is 43.4 Å². The van der Waals surface area contributed by atoms with Crippen LogP contribution < -0.4 is 33.2 Å². The number of nitrogens with one attached hydrogen (secondary N) is 3. The highest BCUT2D eigenvalue weighted by Crippen LogP contribution is 2.09. The molecule has 0 aliphatic heterocycles. The molecule has 1 aromatic rings. The zero-order valence-corrected chi connectivity index (χ0v) is 22.1. The summed E-state index contributed by atoms with van der Waals surface area (Å²) in [6.45, 7) is 3.58. The zero-order chi connectivity index (χ0) is 29.5. The van der Waals surface area contributed by atoms with Crippen molar-refractivity contribution in [3.63, 3.8) is 0 Å². The number of aliphatic imine (C=N–C) groups is 1. The van der Waals surface area contributed by atoms with Crippen molar-refractivity contribution in [1.82, 2.24) is 16.0 Å². The minimum absolute atomic E-state index is 0.0760. The molecule has 4 unspecified atom stereocenters. The minimum Gasteiger partial charge on any atom is -0.481 e. The third-order valence-electron chi connectivity index (χ3n) is 5.73. The Hall–Kier alpha value is -4.20. The number of aliphatic carboxylic acids is 2. The fraction of sp³-hybridized carbons (Fsp3) is 0.520. The van der Waals surface area contributed by atoms with E-state index in [1.165, 1.54) is 0 Å². The van der Waals surface area contributed by atoms with E-state index in [9.17, 15) is 29.1 Å². The average molecular weight is 550 g/mol. The molecule has 11 N–H and O–H groups in total. The summed E-state index contributed by atoms with van der Waals surface area (Å²) < 4.78 is 0. The smallest absolute Gasteiger partial charge is 0.326 e. The molecule has 4 atom stereocenters. The fourth-order valence-electron chi connectivity index (χ4n) is 3.56. The average Bonchev–Trinajstić information content (AvgIpc) is 2.86. The predicted molar refractivity (Wildman–Crippen MR) is 143 cm³/mol. The molecular formula is C25H39N7O7. The molecule has 3 amide bonds. The molecule has 1 rings (SSSR count). The second-order valence-corrected chi connectivity index (χ2v) is 9.37. The van der Waals surface area contributed by atoms with Crippen molar-refractivity contribution in [2.24, 2.45) is 28.1 Å². The largest absolute Gasteiger partial charge is 0.481 e. The summed E-state index contributed by atoms with van der Waals surface area (Å²) >= 11 is 0. The molecule has 14 heteroatoms. The van der Waals surface area contributed by atoms with Gasteiger partial charge in [-0.25, -0.2) is 4.79 Å². The lowest BCUT2D eigenvalue weighted by Crippen LogP contribution is -2.58. The van der Waals surface area contributed by atoms with Gasteiger partial charge in [-0.05, 0) is 30.7 Å². The standard InChI is InChI=1S/C25H39N7O7/c1-14(2)20(23(37)30-17(24(38)39)10-11-19(33)34)32-22(36)18(13-15-7-4-3-5-8-15)31-21(35)16(26)9-6-12-29-25(27)28/h3-5,7-8,14,16-18,20H,6,9-13,26H2,1-2H3,(H,30,37)(H,31,35)(H,32,36)(H,33,34)(H,38,39)(H4,27,28,29). The first kappa shape index (κ1) is 32.8. The van der Waals surface area contributed by atoms with Crippen LogP contribution in [0.2, 0.25) is 0 Å². The van der Waals surface area contributed by atoms with Crippen LogP contribution in [0.25, 0.3) is 0 Å². The summed E-state index contributed by atoms with van der Waals surface area (Å²) in [7, 11) is 0. The van der Waals surface area contributed by atoms with Gasteiger partial charge in [-0.3, -0.25) is 24.2 Å². The third kappa shape index (κ3) is 12.7. The highest BCUT2D eigenvalue weighted by atomic mass is 16.4. The van der Waals surface area contributed by atoms with Crippen LogP contribution in [0.15, 0.2) is 35.3 Å². The number of carbonyl (C=O) groups is 5. The summed E-state index contributed by atoms with van der Waals surface area (Å²) in [5, 5.41) is 25.7. The summed E-state index contributed by atoms with van der Waals surface area (Å²) in [5.74, 6) is -5.20. The van der Waals surface area contributed by atoms with Crippen molar-refractivity contribution in [3.8, 4) is 0 Å². The number of carboxylic acids is 2. The number of hydrogen-bond donors (Lipinski definition) is 8. The lowest BCUT2D eigenvalue weighted by atomic mass is 10.00. The summed E-state index contributed by atoms with van der Waals surface area (Å²) in [6.07, 6.45) is -0.00527. The summed E-state index contributed by atoms with van der Waals surface area (Å²) in [5.41, 5.74) is 17.3. The van der Waals surface area contributed by atoms with Crippen LogP contribution in [-0.4, -0.2) is 76.5 Å². The molecule has 0 heterocycles. The normalized spacial score (nSPS) is 13.8. The van der Waals surface area contributed by atoms with E-state index >= 15 is 0 Å². The van der Waals surface area contributed by atoms with E-state index in [2.05, 4.69) is 20.9 Å². The zero-order valence-electron chi connectivity index (χ0n) is 22.1. The van der Waals surface area contributed by atoms with Gasteiger partial charge in [0.25, 0.3) is 0 Å². The number of nitrogens with two attached hydrogens (primary N) is 3. The highest BCUT2D eigenvalue weighted by molar-refractivity contribution is 5.94. The van der Waals surface area contributed by atoms with E-state index in [0.29, 0.717) is 6.42 Å². The molecule has 216 valence electrons. The number of nitrogens with zero attached hydrogens (tertiary/aromatic N) is 1. The molecule has 0 radical (unpaired) electrons. The number of rotatable bonds is 17. The van der Waals surface area contributed by atoms with Crippen LogP contribution in [-0.2, 0) is 30.4 Å². The monoisotopic (exact) mass is 549 g/mol. The molecular weight excluding hydrogens is 510 g/mol. The van der Waals surface area contributed by atoms with Crippen molar-refractivity contribution in [2.75, 3.05) is 6.54 Å². The Morgan fingerprint density at radius 1 is 0.872 bits per heavy atom. The van der Waals surface area contributed by atoms with Gasteiger partial charge in [0.2, 0.25) is 17.7 Å². The molecule has 39 heavy (non-hydrogen) atoms. The van der Waals surface area contributed by atoms with Crippen molar-refractivity contribution in [3.05, 3.63) is 35.9 Å². The van der Waals surface area contributed by atoms with Gasteiger partial charge in [0, 0.05) is 19.4 Å². The number of carboxylic acid groups (broad SMARTS) is 2. The minimum atomic E-state index is -1.46. The second kappa shape index (κ2) is 16.6. The van der Waals surface area contributed by atoms with Gasteiger partial charge >= 0.3 is 11.9 Å². The van der Waals surface area contributed by atoms with Gasteiger partial charge in [-0.15, -0.1) is 0 Å². The molecule has 0 saturated heterocycles. The van der Waals surface area contributed by atoms with E-state index < -0.39 is 66.2 Å². The summed E-state index contributed by atoms with van der Waals surface area (Å²) in [6, 6.07) is 4.23. The van der Waals surface area contributed by atoms with E-state index in [0.717, 1.165) is 5.56 Å². The van der Waals surface area contributed by atoms with Crippen LogP contribution in [0.4, 0.5) is 0 Å². The number of amides is 3. The van der Waals surface area contributed by atoms with Gasteiger partial charge in [-0.2, -0.15) is 0 Å². The number of carbonyl (C=O) groups excluding carboxylic acids is 3. The third-order valence-corrected chi connectivity index (χ3v) is 5.73. The van der Waals surface area contributed by atoms with E-state index in [1.807, 2.05) is 0 Å². The highest BCUT2D eigenvalue weighted by Gasteiger charge is 2.32. The maximum atomic E-state index is 13.3. The molecule has 0 spiro atoms. The predicted octanol–water partition coefficient (Wildman–Crippen LogP) is -1.33. The summed E-state index contributed by atoms with van der Waals surface area (Å²) in [4.78, 5) is 65.2. The Kier molecular flexibility index (Phi) is 14.0. The van der Waals surface area contributed by atoms with Gasteiger partial charge in [0.05, 0.1) is 6.04 Å². The van der Waals surface area contributed by atoms with Gasteiger partial charge in [0.1, 0.15) is 18.1 Å². The molecule has 0 aliphatic carbocycles. The maximum Gasteiger partial charge on any atom is 0.326 e. The van der Waals surface area contributed by atoms with E-state index in [-0.39, 0.29) is 31.8 Å². The Morgan fingerprint density at radius 3 is 2.03 bits per heavy atom. The number of benzene rings is 1. The van der Waals surface area contributed by atoms with Crippen molar-refractivity contribution < 1.29 is 34.2 Å². The van der Waals surface area contributed by atoms with Crippen LogP contribution in [0.3, 0.4) is 0 Å². The van der Waals surface area contributed by atoms with Crippen LogP contribution in [0.5, 0.6) is 0 Å². The number of hydrogen-bond acceptors (Lipinski definition) is 7. The molecule has 0 fully saturated rings. The molecule has 14 nitrogen and oxygen atoms in total. The molecule has 0 bridgehead atoms. The molecule has 1 aromatic carbocycles. The maximum absolute atomic E-state index is 13.3. The van der Waals surface area contributed by atoms with Crippen molar-refractivity contribution in [2.45, 2.75) is 70.1 Å². The van der Waals surface area contributed by atoms with E-state index in [4.69, 9.17) is 22.3 Å². The Bertz CT molecular complexity index is 1010. The van der Waals surface area contributed by atoms with Gasteiger partial charge in [-0.1, -0.05) is 44.2 Å². The fourth-order valence-corrected chi connectivity index (χ4v) is 3.56. The quantitative estimate of drug-likeness (QED) is 0.0645. The first-order valence-corrected chi connectivity index (χ1v) is 12.5. The van der Waals surface area contributed by atoms with Gasteiger partial charge in [0.15, 0.2) is 5.96 Å². The Labute approximate surface area is 226 Å². The van der Waals surface area contributed by atoms with Crippen LogP contribution in [0, 0.1) is 5.92 Å². The first-order valence-electron chi connectivity index (χ1n) is 12.5. The van der Waals surface area contributed by atoms with Crippen LogP contribution in [0.1, 0.15) is 45.1 Å². The number of guanidine groups is 1. The Balaban J connectivity index is 3.01. The second-order valence-electron chi connectivity index (χ2n) is 9.37. The topological polar surface area (TPSA) is 252 Å². The first-order chi connectivity index (χ1) is 18.3. The lowest BCUT2D eigenvalue weighted by Gasteiger charge is -2.27. The molecule has 0 aromatic heterocycles. The lowest BCUT2D eigenvalue weighted by molar-refractivity contribution is -0.143. The van der Waals surface area contributed by atoms with Crippen LogP contribution >= 0.6 is 0 Å². The molecule has 0 saturated carbocycles. The SMILES string of the molecule is CC(C)C(NC(=O)C(Cc1ccccc1)NC(=O)C(N)CCCN=C(N)N)C(=O)NC(CCC(=O)O)C(=O)O. The Morgan fingerprint density at radius 2 is 1.49 bits per heavy atom. The van der Waals surface area contributed by atoms with Crippen molar-refractivity contribution in [1.29, 1.82) is 0 Å². The van der Waals surface area contributed by atoms with Crippen molar-refractivity contribution >= 4 is 35.6 Å². The van der Waals surface area contributed by atoms with E-state index in [1.54, 1.807) is 44.2 Å². The molecule has 0 aliphatic rings.